The summed E-state index contributed by atoms with van der Waals surface area (Å²) < 4.78 is 7.16. The largest absolute Gasteiger partial charge is 0.449 e. The number of ether oxygens (including phenoxy) is 1. The number of nitrogens with zero attached hydrogens (tertiary/aromatic N) is 1. The zero-order chi connectivity index (χ0) is 20.4. The van der Waals surface area contributed by atoms with Crippen LogP contribution in [0.5, 0.6) is 0 Å². The number of amides is 3. The average molecular weight is 391 g/mol. The Kier molecular flexibility index (Phi) is 6.10. The number of esters is 1. The molecule has 0 radical (unpaired) electrons. The van der Waals surface area contributed by atoms with Crippen LogP contribution in [0.1, 0.15) is 48.5 Å². The molecule has 146 valence electrons. The number of aromatic nitrogens is 1. The van der Waals surface area contributed by atoms with Gasteiger partial charge in [0, 0.05) is 22.8 Å². The number of nitrogens with one attached hydrogen (secondary N) is 2. The van der Waals surface area contributed by atoms with Crippen LogP contribution in [0.25, 0.3) is 5.00 Å². The van der Waals surface area contributed by atoms with Crippen molar-refractivity contribution in [2.75, 3.05) is 0 Å². The predicted octanol–water partition coefficient (Wildman–Crippen LogP) is 3.33. The van der Waals surface area contributed by atoms with Crippen LogP contribution in [-0.2, 0) is 9.53 Å². The summed E-state index contributed by atoms with van der Waals surface area (Å²) in [5, 5.41) is 5.54. The predicted molar refractivity (Wildman–Crippen MR) is 104 cm³/mol. The molecule has 0 saturated carbocycles. The molecule has 2 aromatic heterocycles. The minimum absolute atomic E-state index is 0.424. The lowest BCUT2D eigenvalue weighted by atomic mass is 10.1. The van der Waals surface area contributed by atoms with E-state index in [-0.39, 0.29) is 0 Å². The van der Waals surface area contributed by atoms with Gasteiger partial charge in [0.25, 0.3) is 5.91 Å². The van der Waals surface area contributed by atoms with Gasteiger partial charge in [-0.1, -0.05) is 0 Å². The summed E-state index contributed by atoms with van der Waals surface area (Å²) in [5.41, 5.74) is 0.751. The Morgan fingerprint density at radius 1 is 1.15 bits per heavy atom. The lowest BCUT2D eigenvalue weighted by molar-refractivity contribution is -0.127. The third-order valence-electron chi connectivity index (χ3n) is 3.79. The second-order valence-electron chi connectivity index (χ2n) is 7.29. The van der Waals surface area contributed by atoms with Crippen LogP contribution in [0.15, 0.2) is 24.5 Å². The van der Waals surface area contributed by atoms with Gasteiger partial charge >= 0.3 is 12.0 Å². The van der Waals surface area contributed by atoms with Gasteiger partial charge < -0.3 is 14.6 Å². The highest BCUT2D eigenvalue weighted by Gasteiger charge is 2.27. The molecule has 3 amide bonds. The van der Waals surface area contributed by atoms with Crippen molar-refractivity contribution in [2.45, 2.75) is 53.2 Å². The number of carbonyl (C=O) groups is 3. The molecule has 7 nitrogen and oxygen atoms in total. The van der Waals surface area contributed by atoms with Gasteiger partial charge in [-0.3, -0.25) is 10.1 Å². The Balaban J connectivity index is 2.11. The summed E-state index contributed by atoms with van der Waals surface area (Å²) in [6, 6.07) is 3.10. The molecule has 2 heterocycles. The Hall–Kier alpha value is -2.61. The van der Waals surface area contributed by atoms with Crippen molar-refractivity contribution in [3.05, 3.63) is 40.5 Å². The number of urea groups is 1. The van der Waals surface area contributed by atoms with Crippen LogP contribution in [0.2, 0.25) is 0 Å². The van der Waals surface area contributed by atoms with Crippen molar-refractivity contribution < 1.29 is 19.1 Å². The second kappa shape index (κ2) is 7.96. The van der Waals surface area contributed by atoms with E-state index in [1.807, 2.05) is 42.9 Å². The summed E-state index contributed by atoms with van der Waals surface area (Å²) in [6.07, 6.45) is 2.57. The van der Waals surface area contributed by atoms with E-state index in [0.29, 0.717) is 5.56 Å². The smallest absolute Gasteiger partial charge is 0.342 e. The number of aryl methyl sites for hydroxylation is 1. The molecule has 2 rings (SSSR count). The first kappa shape index (κ1) is 20.7. The lowest BCUT2D eigenvalue weighted by Crippen LogP contribution is -2.50. The van der Waals surface area contributed by atoms with Gasteiger partial charge in [-0.25, -0.2) is 9.59 Å². The SMILES string of the molecule is Cc1sc(-n2cccc2)c(C(=O)O[C@H](C)C(=O)NC(=O)NC(C)(C)C)c1C. The van der Waals surface area contributed by atoms with Gasteiger partial charge in [-0.2, -0.15) is 0 Å². The van der Waals surface area contributed by atoms with Gasteiger partial charge in [-0.15, -0.1) is 11.3 Å². The summed E-state index contributed by atoms with van der Waals surface area (Å²) in [4.78, 5) is 37.7. The molecule has 0 aliphatic carbocycles. The first-order chi connectivity index (χ1) is 12.5. The summed E-state index contributed by atoms with van der Waals surface area (Å²) in [5.74, 6) is -1.28. The van der Waals surface area contributed by atoms with Crippen LogP contribution in [0, 0.1) is 13.8 Å². The number of carbonyl (C=O) groups excluding carboxylic acids is 3. The Bertz CT molecular complexity index is 847. The summed E-state index contributed by atoms with van der Waals surface area (Å²) in [6.45, 7) is 10.6. The molecule has 0 bridgehead atoms. The van der Waals surface area contributed by atoms with Crippen LogP contribution < -0.4 is 10.6 Å². The van der Waals surface area contributed by atoms with Crippen molar-refractivity contribution in [1.82, 2.24) is 15.2 Å². The van der Waals surface area contributed by atoms with Crippen LogP contribution in [0.4, 0.5) is 4.79 Å². The number of hydrogen-bond acceptors (Lipinski definition) is 5. The van der Waals surface area contributed by atoms with E-state index in [4.69, 9.17) is 4.74 Å². The van der Waals surface area contributed by atoms with Crippen molar-refractivity contribution in [1.29, 1.82) is 0 Å². The third-order valence-corrected chi connectivity index (χ3v) is 5.01. The molecule has 27 heavy (non-hydrogen) atoms. The van der Waals surface area contributed by atoms with E-state index in [1.54, 1.807) is 20.8 Å². The third kappa shape index (κ3) is 5.19. The molecule has 0 fully saturated rings. The van der Waals surface area contributed by atoms with E-state index in [2.05, 4.69) is 10.6 Å². The Morgan fingerprint density at radius 2 is 1.74 bits per heavy atom. The zero-order valence-electron chi connectivity index (χ0n) is 16.4. The molecule has 0 saturated heterocycles. The molecule has 1 atom stereocenters. The highest BCUT2D eigenvalue weighted by Crippen LogP contribution is 2.31. The number of thiophene rings is 1. The molecule has 2 N–H and O–H groups in total. The maximum atomic E-state index is 12.7. The minimum atomic E-state index is -1.11. The number of hydrogen-bond donors (Lipinski definition) is 2. The van der Waals surface area contributed by atoms with Crippen molar-refractivity contribution in [3.63, 3.8) is 0 Å². The maximum Gasteiger partial charge on any atom is 0.342 e. The van der Waals surface area contributed by atoms with E-state index < -0.39 is 29.6 Å². The molecule has 0 unspecified atom stereocenters. The molecular weight excluding hydrogens is 366 g/mol. The van der Waals surface area contributed by atoms with Crippen LogP contribution >= 0.6 is 11.3 Å². The van der Waals surface area contributed by atoms with Gasteiger partial charge in [-0.05, 0) is 59.2 Å². The monoisotopic (exact) mass is 391 g/mol. The Morgan fingerprint density at radius 3 is 2.30 bits per heavy atom. The highest BCUT2D eigenvalue weighted by atomic mass is 32.1. The van der Waals surface area contributed by atoms with E-state index >= 15 is 0 Å². The lowest BCUT2D eigenvalue weighted by Gasteiger charge is -2.21. The normalized spacial score (nSPS) is 12.4. The van der Waals surface area contributed by atoms with Gasteiger partial charge in [0.1, 0.15) is 5.00 Å². The zero-order valence-corrected chi connectivity index (χ0v) is 17.2. The average Bonchev–Trinajstić information content (AvgIpc) is 3.14. The minimum Gasteiger partial charge on any atom is -0.449 e. The molecule has 2 aromatic rings. The highest BCUT2D eigenvalue weighted by molar-refractivity contribution is 7.15. The fourth-order valence-corrected chi connectivity index (χ4v) is 3.47. The number of rotatable bonds is 4. The Labute approximate surface area is 162 Å². The van der Waals surface area contributed by atoms with Crippen molar-refractivity contribution >= 4 is 29.2 Å². The summed E-state index contributed by atoms with van der Waals surface area (Å²) in [7, 11) is 0. The van der Waals surface area contributed by atoms with Gasteiger partial charge in [0.15, 0.2) is 6.10 Å². The molecule has 0 aromatic carbocycles. The van der Waals surface area contributed by atoms with E-state index in [1.165, 1.54) is 18.3 Å². The van der Waals surface area contributed by atoms with Crippen LogP contribution in [0.3, 0.4) is 0 Å². The van der Waals surface area contributed by atoms with Crippen molar-refractivity contribution in [3.8, 4) is 5.00 Å². The topological polar surface area (TPSA) is 89.4 Å². The molecular formula is C19H25N3O4S. The first-order valence-corrected chi connectivity index (χ1v) is 9.38. The van der Waals surface area contributed by atoms with E-state index in [9.17, 15) is 14.4 Å². The van der Waals surface area contributed by atoms with Gasteiger partial charge in [0.05, 0.1) is 5.56 Å². The maximum absolute atomic E-state index is 12.7. The number of imide groups is 1. The second-order valence-corrected chi connectivity index (χ2v) is 8.50. The molecule has 0 spiro atoms. The van der Waals surface area contributed by atoms with Gasteiger partial charge in [0.2, 0.25) is 0 Å². The fourth-order valence-electron chi connectivity index (χ4n) is 2.36. The molecule has 0 aliphatic heterocycles. The standard InChI is InChI=1S/C19H25N3O4S/c1-11-13(3)27-16(22-9-7-8-10-22)14(11)17(24)26-12(2)15(23)20-18(25)21-19(4,5)6/h7-10,12H,1-6H3,(H2,20,21,23,25)/t12-/m1/s1. The molecule has 8 heteroatoms. The quantitative estimate of drug-likeness (QED) is 0.783. The first-order valence-electron chi connectivity index (χ1n) is 8.57. The van der Waals surface area contributed by atoms with E-state index in [0.717, 1.165) is 15.4 Å². The van der Waals surface area contributed by atoms with Crippen LogP contribution in [-0.4, -0.2) is 34.1 Å². The molecule has 0 aliphatic rings. The summed E-state index contributed by atoms with van der Waals surface area (Å²) >= 11 is 1.48. The van der Waals surface area contributed by atoms with Crippen molar-refractivity contribution in [2.24, 2.45) is 0 Å². The fraction of sp³-hybridized carbons (Fsp3) is 0.421.